The summed E-state index contributed by atoms with van der Waals surface area (Å²) >= 11 is 0. The van der Waals surface area contributed by atoms with Gasteiger partial charge < -0.3 is 15.0 Å². The zero-order valence-corrected chi connectivity index (χ0v) is 25.4. The number of benzene rings is 3. The normalized spacial score (nSPS) is 12.0. The van der Waals surface area contributed by atoms with Gasteiger partial charge in [0, 0.05) is 24.7 Å². The number of amides is 2. The maximum absolute atomic E-state index is 14.0. The highest BCUT2D eigenvalue weighted by Gasteiger charge is 2.33. The van der Waals surface area contributed by atoms with Gasteiger partial charge in [0.05, 0.1) is 22.6 Å². The van der Waals surface area contributed by atoms with Crippen molar-refractivity contribution in [3.63, 3.8) is 0 Å². The number of sulfonamides is 1. The van der Waals surface area contributed by atoms with Crippen LogP contribution in [-0.4, -0.2) is 56.3 Å². The van der Waals surface area contributed by atoms with Crippen molar-refractivity contribution >= 4 is 33.2 Å². The number of nitrogens with one attached hydrogen (secondary N) is 1. The minimum absolute atomic E-state index is 0.0935. The summed E-state index contributed by atoms with van der Waals surface area (Å²) in [5.41, 5.74) is 0.487. The van der Waals surface area contributed by atoms with Gasteiger partial charge in [0.15, 0.2) is 0 Å². The molecule has 13 heteroatoms. The van der Waals surface area contributed by atoms with E-state index in [1.54, 1.807) is 0 Å². The molecule has 0 saturated heterocycles. The summed E-state index contributed by atoms with van der Waals surface area (Å²) in [5, 5.41) is 14.4. The highest BCUT2D eigenvalue weighted by atomic mass is 32.2. The van der Waals surface area contributed by atoms with Gasteiger partial charge in [0.2, 0.25) is 11.8 Å². The first-order valence-electron chi connectivity index (χ1n) is 13.5. The van der Waals surface area contributed by atoms with Crippen molar-refractivity contribution in [3.8, 4) is 5.75 Å². The molecule has 0 aliphatic carbocycles. The molecule has 0 aromatic heterocycles. The fourth-order valence-corrected chi connectivity index (χ4v) is 5.61. The molecule has 0 aliphatic heterocycles. The Labute approximate surface area is 250 Å². The Morgan fingerprint density at radius 3 is 2.21 bits per heavy atom. The topological polar surface area (TPSA) is 139 Å². The van der Waals surface area contributed by atoms with E-state index >= 15 is 0 Å². The lowest BCUT2D eigenvalue weighted by Crippen LogP contribution is -2.51. The molecule has 11 nitrogen and oxygen atoms in total. The number of hydrogen-bond donors (Lipinski definition) is 1. The molecular weight excluding hydrogens is 579 g/mol. The van der Waals surface area contributed by atoms with Gasteiger partial charge in [-0.3, -0.25) is 24.0 Å². The van der Waals surface area contributed by atoms with Crippen molar-refractivity contribution in [2.75, 3.05) is 24.5 Å². The first-order valence-corrected chi connectivity index (χ1v) is 14.9. The number of methoxy groups -OCH3 is 1. The molecule has 0 heterocycles. The van der Waals surface area contributed by atoms with Gasteiger partial charge in [-0.1, -0.05) is 32.0 Å². The van der Waals surface area contributed by atoms with Gasteiger partial charge in [0.1, 0.15) is 24.2 Å². The highest BCUT2D eigenvalue weighted by molar-refractivity contribution is 7.92. The van der Waals surface area contributed by atoms with Crippen LogP contribution in [0.3, 0.4) is 0 Å². The molecular formula is C30H35FN4O7S. The van der Waals surface area contributed by atoms with Crippen LogP contribution in [0.2, 0.25) is 0 Å². The summed E-state index contributed by atoms with van der Waals surface area (Å²) in [6.07, 6.45) is 0. The quantitative estimate of drug-likeness (QED) is 0.222. The summed E-state index contributed by atoms with van der Waals surface area (Å²) < 4.78 is 47.6. The molecule has 43 heavy (non-hydrogen) atoms. The molecule has 0 unspecified atom stereocenters. The fourth-order valence-electron chi connectivity index (χ4n) is 4.17. The summed E-state index contributed by atoms with van der Waals surface area (Å²) in [6.45, 7) is 6.35. The molecule has 0 fully saturated rings. The summed E-state index contributed by atoms with van der Waals surface area (Å²) in [6, 6.07) is 13.8. The Morgan fingerprint density at radius 1 is 1.02 bits per heavy atom. The number of anilines is 1. The summed E-state index contributed by atoms with van der Waals surface area (Å²) in [7, 11) is -3.09. The highest BCUT2D eigenvalue weighted by Crippen LogP contribution is 2.29. The lowest BCUT2D eigenvalue weighted by molar-refractivity contribution is -0.385. The van der Waals surface area contributed by atoms with E-state index in [2.05, 4.69) is 5.32 Å². The average Bonchev–Trinajstić information content (AvgIpc) is 2.97. The zero-order chi connectivity index (χ0) is 31.9. The molecule has 0 aliphatic rings. The number of halogens is 1. The third kappa shape index (κ3) is 8.28. The van der Waals surface area contributed by atoms with E-state index in [1.807, 2.05) is 13.8 Å². The largest absolute Gasteiger partial charge is 0.497 e. The Bertz CT molecular complexity index is 1560. The number of ether oxygens (including phenoxy) is 1. The molecule has 1 N–H and O–H groups in total. The number of rotatable bonds is 13. The van der Waals surface area contributed by atoms with Gasteiger partial charge >= 0.3 is 0 Å². The van der Waals surface area contributed by atoms with E-state index in [-0.39, 0.29) is 28.6 Å². The first kappa shape index (κ1) is 33.0. The van der Waals surface area contributed by atoms with E-state index < -0.39 is 50.9 Å². The van der Waals surface area contributed by atoms with Crippen molar-refractivity contribution in [2.24, 2.45) is 5.92 Å². The van der Waals surface area contributed by atoms with Crippen molar-refractivity contribution in [2.45, 2.75) is 45.2 Å². The maximum atomic E-state index is 14.0. The lowest BCUT2D eigenvalue weighted by atomic mass is 10.1. The molecule has 230 valence electrons. The number of nitro groups is 1. The Kier molecular flexibility index (Phi) is 10.8. The monoisotopic (exact) mass is 614 g/mol. The van der Waals surface area contributed by atoms with E-state index in [0.29, 0.717) is 17.9 Å². The van der Waals surface area contributed by atoms with Gasteiger partial charge in [0.25, 0.3) is 15.7 Å². The van der Waals surface area contributed by atoms with Crippen LogP contribution in [0.5, 0.6) is 5.75 Å². The molecule has 0 spiro atoms. The van der Waals surface area contributed by atoms with Crippen LogP contribution < -0.4 is 14.4 Å². The zero-order valence-electron chi connectivity index (χ0n) is 24.6. The molecule has 2 amide bonds. The van der Waals surface area contributed by atoms with Crippen LogP contribution in [0.1, 0.15) is 31.9 Å². The fraction of sp³-hybridized carbons (Fsp3) is 0.333. The first-order chi connectivity index (χ1) is 20.2. The second kappa shape index (κ2) is 14.1. The van der Waals surface area contributed by atoms with Crippen LogP contribution in [-0.2, 0) is 26.2 Å². The molecule has 1 atom stereocenters. The van der Waals surface area contributed by atoms with E-state index in [4.69, 9.17) is 4.74 Å². The van der Waals surface area contributed by atoms with Crippen molar-refractivity contribution in [1.29, 1.82) is 0 Å². The third-order valence-electron chi connectivity index (χ3n) is 6.72. The number of aryl methyl sites for hydroxylation is 1. The smallest absolute Gasteiger partial charge is 0.273 e. The van der Waals surface area contributed by atoms with Crippen LogP contribution in [0.15, 0.2) is 71.6 Å². The number of nitrogens with zero attached hydrogens (tertiary/aromatic N) is 3. The molecule has 3 rings (SSSR count). The second-order valence-corrected chi connectivity index (χ2v) is 12.2. The minimum atomic E-state index is -4.53. The Morgan fingerprint density at radius 2 is 1.65 bits per heavy atom. The maximum Gasteiger partial charge on any atom is 0.273 e. The van der Waals surface area contributed by atoms with Gasteiger partial charge in [-0.15, -0.1) is 0 Å². The van der Waals surface area contributed by atoms with Crippen LogP contribution in [0.25, 0.3) is 0 Å². The third-order valence-corrected chi connectivity index (χ3v) is 8.49. The molecule has 0 bridgehead atoms. The van der Waals surface area contributed by atoms with Gasteiger partial charge in [-0.25, -0.2) is 12.8 Å². The predicted octanol–water partition coefficient (Wildman–Crippen LogP) is 4.44. The van der Waals surface area contributed by atoms with Crippen LogP contribution >= 0.6 is 0 Å². The summed E-state index contributed by atoms with van der Waals surface area (Å²) in [4.78, 5) is 38.7. The number of carbonyl (C=O) groups is 2. The van der Waals surface area contributed by atoms with E-state index in [1.165, 1.54) is 86.5 Å². The van der Waals surface area contributed by atoms with Crippen LogP contribution in [0.4, 0.5) is 15.8 Å². The molecule has 3 aromatic rings. The number of carbonyl (C=O) groups excluding carboxylic acids is 2. The Hall–Kier alpha value is -4.52. The van der Waals surface area contributed by atoms with Crippen molar-refractivity contribution < 1.29 is 32.1 Å². The number of hydrogen-bond acceptors (Lipinski definition) is 7. The molecule has 3 aromatic carbocycles. The van der Waals surface area contributed by atoms with E-state index in [0.717, 1.165) is 10.4 Å². The van der Waals surface area contributed by atoms with Crippen molar-refractivity contribution in [1.82, 2.24) is 10.2 Å². The molecule has 0 saturated carbocycles. The second-order valence-electron chi connectivity index (χ2n) is 10.4. The van der Waals surface area contributed by atoms with Crippen LogP contribution in [0, 0.1) is 28.8 Å². The lowest BCUT2D eigenvalue weighted by Gasteiger charge is -2.32. The molecule has 0 radical (unpaired) electrons. The SMILES string of the molecule is COc1ccc(N(CC(=O)N(Cc2ccc(F)cc2)[C@@H](C)C(=O)NCC(C)C)S(=O)(=O)c2ccc(C)c([N+](=O)[O-])c2)cc1. The van der Waals surface area contributed by atoms with Crippen molar-refractivity contribution in [3.05, 3.63) is 93.8 Å². The average molecular weight is 615 g/mol. The standard InChI is InChI=1S/C30H35FN4O7S/c1-20(2)17-32-30(37)22(4)33(18-23-7-9-24(31)10-8-23)29(36)19-34(25-11-13-26(42-5)14-12-25)43(40,41)27-15-6-21(3)28(16-27)35(38)39/h6-16,20,22H,17-19H2,1-5H3,(H,32,37)/t22-/m0/s1. The van der Waals surface area contributed by atoms with Gasteiger partial charge in [-0.05, 0) is 67.8 Å². The number of nitro benzene ring substituents is 1. The van der Waals surface area contributed by atoms with Gasteiger partial charge in [-0.2, -0.15) is 0 Å². The van der Waals surface area contributed by atoms with E-state index in [9.17, 15) is 32.5 Å². The summed E-state index contributed by atoms with van der Waals surface area (Å²) in [5.74, 6) is -1.07. The Balaban J connectivity index is 2.07. The predicted molar refractivity (Wildman–Crippen MR) is 160 cm³/mol. The minimum Gasteiger partial charge on any atom is -0.497 e.